The average Bonchev–Trinajstić information content (AvgIpc) is 3.40. The Kier molecular flexibility index (Phi) is 6.48. The van der Waals surface area contributed by atoms with Crippen molar-refractivity contribution in [3.05, 3.63) is 70.2 Å². The highest BCUT2D eigenvalue weighted by molar-refractivity contribution is 7.12. The number of alkyl halides is 6. The van der Waals surface area contributed by atoms with Crippen LogP contribution in [0.25, 0.3) is 5.69 Å². The van der Waals surface area contributed by atoms with Crippen LogP contribution in [0.5, 0.6) is 0 Å². The number of hydrogen-bond acceptors (Lipinski definition) is 5. The van der Waals surface area contributed by atoms with Crippen LogP contribution >= 0.6 is 11.3 Å². The van der Waals surface area contributed by atoms with Gasteiger partial charge in [-0.15, -0.1) is 11.3 Å². The van der Waals surface area contributed by atoms with Crippen LogP contribution in [0.3, 0.4) is 0 Å². The van der Waals surface area contributed by atoms with E-state index in [0.717, 1.165) is 11.3 Å². The number of nitrogens with zero attached hydrogens (tertiary/aromatic N) is 3. The molecule has 6 nitrogen and oxygen atoms in total. The highest BCUT2D eigenvalue weighted by Gasteiger charge is 2.41. The molecule has 3 aromatic rings. The Bertz CT molecular complexity index is 1140. The van der Waals surface area contributed by atoms with Crippen LogP contribution in [0.4, 0.5) is 26.3 Å². The first-order valence-corrected chi connectivity index (χ1v) is 9.58. The fourth-order valence-corrected chi connectivity index (χ4v) is 3.27. The van der Waals surface area contributed by atoms with Gasteiger partial charge in [0.25, 0.3) is 5.91 Å². The molecule has 0 unspecified atom stereocenters. The van der Waals surface area contributed by atoms with E-state index in [4.69, 9.17) is 0 Å². The monoisotopic (exact) mass is 474 g/mol. The van der Waals surface area contributed by atoms with Crippen LogP contribution < -0.4 is 5.43 Å². The number of halogens is 6. The quantitative estimate of drug-likeness (QED) is 0.240. The fraction of sp³-hybridized carbons (Fsp3) is 0.158. The van der Waals surface area contributed by atoms with Crippen molar-refractivity contribution in [3.63, 3.8) is 0 Å². The van der Waals surface area contributed by atoms with Crippen molar-refractivity contribution < 1.29 is 35.9 Å². The molecule has 0 aliphatic rings. The van der Waals surface area contributed by atoms with E-state index < -0.39 is 47.4 Å². The highest BCUT2D eigenvalue weighted by atomic mass is 32.1. The molecule has 0 aliphatic heterocycles. The number of amides is 1. The number of hydrogen-bond donors (Lipinski definition) is 1. The van der Waals surface area contributed by atoms with E-state index in [9.17, 15) is 35.9 Å². The number of Topliss-reactive ketones (excluding diaryl/α,β-unsaturated/α-hetero) is 1. The van der Waals surface area contributed by atoms with Gasteiger partial charge < -0.3 is 0 Å². The standard InChI is InChI=1S/C19H12F6N4O2S/c20-18(21,22)15(9-13(30)14-7-4-8-32-14)27-28-17(31)12-10-26-29(16(12)19(23,24)25)11-5-2-1-3-6-11/h1-8,10H,9H2,(H,28,31)/b27-15-. The van der Waals surface area contributed by atoms with Gasteiger partial charge in [0.1, 0.15) is 5.71 Å². The molecule has 13 heteroatoms. The molecule has 1 amide bonds. The summed E-state index contributed by atoms with van der Waals surface area (Å²) in [7, 11) is 0. The van der Waals surface area contributed by atoms with Crippen molar-refractivity contribution in [2.75, 3.05) is 0 Å². The van der Waals surface area contributed by atoms with E-state index in [-0.39, 0.29) is 10.6 Å². The van der Waals surface area contributed by atoms with Gasteiger partial charge in [0, 0.05) is 0 Å². The summed E-state index contributed by atoms with van der Waals surface area (Å²) in [4.78, 5) is 24.3. The molecule has 0 saturated heterocycles. The maximum absolute atomic E-state index is 13.6. The minimum atomic E-state index is -5.10. The number of nitrogens with one attached hydrogen (secondary N) is 1. The number of thiophene rings is 1. The van der Waals surface area contributed by atoms with E-state index in [1.54, 1.807) is 6.07 Å². The van der Waals surface area contributed by atoms with Crippen molar-refractivity contribution in [1.29, 1.82) is 0 Å². The Morgan fingerprint density at radius 1 is 1.03 bits per heavy atom. The average molecular weight is 474 g/mol. The molecular formula is C19H12F6N4O2S. The number of rotatable bonds is 6. The lowest BCUT2D eigenvalue weighted by Crippen LogP contribution is -2.31. The topological polar surface area (TPSA) is 76.3 Å². The van der Waals surface area contributed by atoms with Gasteiger partial charge >= 0.3 is 12.4 Å². The third-order valence-corrected chi connectivity index (χ3v) is 4.94. The molecule has 2 heterocycles. The SMILES string of the molecule is O=C(C/C(=N/NC(=O)c1cnn(-c2ccccc2)c1C(F)(F)F)C(F)(F)F)c1cccs1. The van der Waals surface area contributed by atoms with Crippen molar-refractivity contribution >= 4 is 28.7 Å². The molecule has 1 aromatic carbocycles. The molecule has 0 bridgehead atoms. The zero-order valence-corrected chi connectivity index (χ0v) is 16.6. The van der Waals surface area contributed by atoms with Gasteiger partial charge in [-0.2, -0.15) is 36.5 Å². The molecule has 0 radical (unpaired) electrons. The highest BCUT2D eigenvalue weighted by Crippen LogP contribution is 2.33. The Morgan fingerprint density at radius 2 is 1.72 bits per heavy atom. The molecule has 2 aromatic heterocycles. The summed E-state index contributed by atoms with van der Waals surface area (Å²) in [6.07, 6.45) is -10.8. The van der Waals surface area contributed by atoms with Crippen molar-refractivity contribution in [1.82, 2.24) is 15.2 Å². The van der Waals surface area contributed by atoms with Gasteiger partial charge in [-0.1, -0.05) is 24.3 Å². The summed E-state index contributed by atoms with van der Waals surface area (Å²) in [5.41, 5.74) is -2.73. The van der Waals surface area contributed by atoms with E-state index in [1.807, 2.05) is 0 Å². The van der Waals surface area contributed by atoms with Crippen LogP contribution in [0.1, 0.15) is 32.1 Å². The number of ketones is 1. The molecule has 0 aliphatic carbocycles. The van der Waals surface area contributed by atoms with Crippen LogP contribution in [0.2, 0.25) is 0 Å². The second kappa shape index (κ2) is 8.94. The second-order valence-electron chi connectivity index (χ2n) is 6.23. The largest absolute Gasteiger partial charge is 0.434 e. The number of aromatic nitrogens is 2. The van der Waals surface area contributed by atoms with Gasteiger partial charge in [0.05, 0.1) is 28.7 Å². The number of carbonyl (C=O) groups excluding carboxylic acids is 2. The minimum absolute atomic E-state index is 0.0140. The molecule has 0 fully saturated rings. The number of carbonyl (C=O) groups is 2. The summed E-state index contributed by atoms with van der Waals surface area (Å²) < 4.78 is 81.0. The van der Waals surface area contributed by atoms with Gasteiger partial charge in [0.2, 0.25) is 0 Å². The van der Waals surface area contributed by atoms with Crippen molar-refractivity contribution in [3.8, 4) is 5.69 Å². The lowest BCUT2D eigenvalue weighted by atomic mass is 10.1. The predicted octanol–water partition coefficient (Wildman–Crippen LogP) is 4.87. The minimum Gasteiger partial charge on any atom is -0.293 e. The lowest BCUT2D eigenvalue weighted by Gasteiger charge is -2.13. The van der Waals surface area contributed by atoms with Gasteiger partial charge in [-0.05, 0) is 23.6 Å². The zero-order chi connectivity index (χ0) is 23.5. The summed E-state index contributed by atoms with van der Waals surface area (Å²) in [5.74, 6) is -2.47. The number of hydrazone groups is 1. The maximum Gasteiger partial charge on any atom is 0.434 e. The fourth-order valence-electron chi connectivity index (χ4n) is 2.61. The van der Waals surface area contributed by atoms with Gasteiger partial charge in [-0.3, -0.25) is 9.59 Å². The van der Waals surface area contributed by atoms with Gasteiger partial charge in [0.15, 0.2) is 11.5 Å². The molecule has 0 saturated carbocycles. The van der Waals surface area contributed by atoms with Gasteiger partial charge in [-0.25, -0.2) is 10.1 Å². The summed E-state index contributed by atoms with van der Waals surface area (Å²) in [5, 5.41) is 7.93. The number of benzene rings is 1. The molecule has 32 heavy (non-hydrogen) atoms. The van der Waals surface area contributed by atoms with E-state index >= 15 is 0 Å². The predicted molar refractivity (Wildman–Crippen MR) is 103 cm³/mol. The van der Waals surface area contributed by atoms with Crippen LogP contribution in [0.15, 0.2) is 59.1 Å². The zero-order valence-electron chi connectivity index (χ0n) is 15.7. The van der Waals surface area contributed by atoms with E-state index in [2.05, 4.69) is 10.2 Å². The molecular weight excluding hydrogens is 462 g/mol. The van der Waals surface area contributed by atoms with Crippen LogP contribution in [-0.4, -0.2) is 33.4 Å². The lowest BCUT2D eigenvalue weighted by molar-refractivity contribution is -0.143. The Labute approximate surface area is 180 Å². The van der Waals surface area contributed by atoms with Crippen molar-refractivity contribution in [2.24, 2.45) is 5.10 Å². The molecule has 3 rings (SSSR count). The third-order valence-electron chi connectivity index (χ3n) is 4.03. The maximum atomic E-state index is 13.6. The molecule has 1 N–H and O–H groups in total. The third kappa shape index (κ3) is 5.22. The number of para-hydroxylation sites is 1. The van der Waals surface area contributed by atoms with Crippen molar-refractivity contribution in [2.45, 2.75) is 18.8 Å². The Balaban J connectivity index is 1.90. The van der Waals surface area contributed by atoms with E-state index in [1.165, 1.54) is 47.2 Å². The molecule has 0 atom stereocenters. The van der Waals surface area contributed by atoms with Crippen LogP contribution in [-0.2, 0) is 6.18 Å². The van der Waals surface area contributed by atoms with Crippen LogP contribution in [0, 0.1) is 0 Å². The summed E-state index contributed by atoms with van der Waals surface area (Å²) in [6.45, 7) is 0. The van der Waals surface area contributed by atoms with E-state index in [0.29, 0.717) is 10.9 Å². The normalized spacial score (nSPS) is 12.6. The second-order valence-corrected chi connectivity index (χ2v) is 7.17. The Morgan fingerprint density at radius 3 is 2.28 bits per heavy atom. The first-order valence-electron chi connectivity index (χ1n) is 8.70. The molecule has 168 valence electrons. The first-order chi connectivity index (χ1) is 15.0. The summed E-state index contributed by atoms with van der Waals surface area (Å²) in [6, 6.07) is 9.84. The first kappa shape index (κ1) is 23.2. The summed E-state index contributed by atoms with van der Waals surface area (Å²) >= 11 is 0.915. The Hall–Kier alpha value is -3.48. The smallest absolute Gasteiger partial charge is 0.293 e. The molecule has 0 spiro atoms.